The van der Waals surface area contributed by atoms with Crippen LogP contribution in [0.2, 0.25) is 5.02 Å². The van der Waals surface area contributed by atoms with Crippen molar-refractivity contribution in [1.29, 1.82) is 0 Å². The number of imide groups is 1. The molecule has 4 atom stereocenters. The van der Waals surface area contributed by atoms with Gasteiger partial charge in [0.15, 0.2) is 0 Å². The minimum Gasteiger partial charge on any atom is -0.323 e. The minimum atomic E-state index is -4.75. The number of nitrogens with zero attached hydrogens (tertiary/aromatic N) is 2. The van der Waals surface area contributed by atoms with E-state index in [9.17, 15) is 27.6 Å². The second-order valence-electron chi connectivity index (χ2n) is 8.82. The molecule has 2 aromatic rings. The van der Waals surface area contributed by atoms with E-state index in [1.807, 2.05) is 4.90 Å². The molecule has 6 rings (SSSR count). The molecule has 0 aliphatic carbocycles. The van der Waals surface area contributed by atoms with Gasteiger partial charge in [-0.2, -0.15) is 13.2 Å². The first kappa shape index (κ1) is 20.7. The van der Waals surface area contributed by atoms with Gasteiger partial charge >= 0.3 is 6.18 Å². The maximum absolute atomic E-state index is 13.8. The largest absolute Gasteiger partial charge is 0.418 e. The average Bonchev–Trinajstić information content (AvgIpc) is 3.47. The lowest BCUT2D eigenvalue weighted by Gasteiger charge is -2.36. The van der Waals surface area contributed by atoms with Gasteiger partial charge in [0.25, 0.3) is 5.91 Å². The molecule has 0 unspecified atom stereocenters. The number of hydrogen-bond donors (Lipinski definition) is 1. The van der Waals surface area contributed by atoms with Crippen LogP contribution in [0.25, 0.3) is 0 Å². The maximum Gasteiger partial charge on any atom is 0.418 e. The lowest BCUT2D eigenvalue weighted by Crippen LogP contribution is -2.54. The van der Waals surface area contributed by atoms with Gasteiger partial charge in [0.2, 0.25) is 11.8 Å². The van der Waals surface area contributed by atoms with Gasteiger partial charge in [-0.15, -0.1) is 0 Å². The normalized spacial score (nSPS) is 30.7. The fourth-order valence-electron chi connectivity index (χ4n) is 6.34. The molecule has 170 valence electrons. The second-order valence-corrected chi connectivity index (χ2v) is 9.22. The average molecular weight is 476 g/mol. The number of carbonyl (C=O) groups is 3. The van der Waals surface area contributed by atoms with E-state index in [1.54, 1.807) is 18.2 Å². The molecule has 0 radical (unpaired) electrons. The molecule has 0 saturated carbocycles. The predicted molar refractivity (Wildman–Crippen MR) is 112 cm³/mol. The Morgan fingerprint density at radius 3 is 2.55 bits per heavy atom. The van der Waals surface area contributed by atoms with E-state index >= 15 is 0 Å². The van der Waals surface area contributed by atoms with Crippen LogP contribution < -0.4 is 10.2 Å². The fraction of sp³-hybridized carbons (Fsp3) is 0.348. The molecule has 4 aliphatic rings. The smallest absolute Gasteiger partial charge is 0.323 e. The van der Waals surface area contributed by atoms with Crippen molar-refractivity contribution in [2.75, 3.05) is 16.8 Å². The van der Waals surface area contributed by atoms with Crippen LogP contribution in [0.4, 0.5) is 24.5 Å². The highest BCUT2D eigenvalue weighted by molar-refractivity contribution is 6.35. The summed E-state index contributed by atoms with van der Waals surface area (Å²) in [7, 11) is 0. The second kappa shape index (κ2) is 6.57. The monoisotopic (exact) mass is 475 g/mol. The standard InChI is InChI=1S/C23H17ClF3N3O3/c24-13-7-3-6-12-18(13)28-21(33)22(12)17-16(15-9-4-10-29(15)22)19(31)30(20(17)32)14-8-2-1-5-11(14)23(25,26)27/h1-3,5-8,15-17H,4,9-10H2,(H,28,33)/t15-,16+,17-,22+/m0/s1. The summed E-state index contributed by atoms with van der Waals surface area (Å²) in [5.41, 5.74) is -2.18. The quantitative estimate of drug-likeness (QED) is 0.637. The van der Waals surface area contributed by atoms with E-state index in [4.69, 9.17) is 11.6 Å². The topological polar surface area (TPSA) is 69.7 Å². The molecule has 33 heavy (non-hydrogen) atoms. The number of benzene rings is 2. The fourth-order valence-corrected chi connectivity index (χ4v) is 6.56. The van der Waals surface area contributed by atoms with Crippen molar-refractivity contribution in [3.63, 3.8) is 0 Å². The van der Waals surface area contributed by atoms with Crippen molar-refractivity contribution in [1.82, 2.24) is 4.90 Å². The Balaban J connectivity index is 1.57. The van der Waals surface area contributed by atoms with Crippen LogP contribution in [-0.4, -0.2) is 35.2 Å². The number of fused-ring (bicyclic) bond motifs is 7. The van der Waals surface area contributed by atoms with Gasteiger partial charge in [-0.3, -0.25) is 19.3 Å². The zero-order valence-corrected chi connectivity index (χ0v) is 17.8. The number of para-hydroxylation sites is 2. The molecule has 3 saturated heterocycles. The van der Waals surface area contributed by atoms with E-state index < -0.39 is 58.6 Å². The summed E-state index contributed by atoms with van der Waals surface area (Å²) < 4.78 is 41.2. The van der Waals surface area contributed by atoms with Gasteiger partial charge < -0.3 is 5.32 Å². The Morgan fingerprint density at radius 2 is 1.79 bits per heavy atom. The Morgan fingerprint density at radius 1 is 1.03 bits per heavy atom. The molecule has 3 fully saturated rings. The molecule has 2 aromatic carbocycles. The van der Waals surface area contributed by atoms with Gasteiger partial charge in [0.1, 0.15) is 5.54 Å². The highest BCUT2D eigenvalue weighted by Gasteiger charge is 2.75. The van der Waals surface area contributed by atoms with Crippen molar-refractivity contribution in [2.24, 2.45) is 11.8 Å². The number of amides is 3. The number of rotatable bonds is 1. The third kappa shape index (κ3) is 2.41. The van der Waals surface area contributed by atoms with Crippen molar-refractivity contribution >= 4 is 40.7 Å². The van der Waals surface area contributed by atoms with Crippen LogP contribution in [0.15, 0.2) is 42.5 Å². The van der Waals surface area contributed by atoms with Crippen LogP contribution >= 0.6 is 11.6 Å². The lowest BCUT2D eigenvalue weighted by molar-refractivity contribution is -0.138. The number of anilines is 2. The van der Waals surface area contributed by atoms with Gasteiger partial charge in [-0.1, -0.05) is 35.9 Å². The van der Waals surface area contributed by atoms with E-state index in [2.05, 4.69) is 5.32 Å². The molecule has 3 amide bonds. The van der Waals surface area contributed by atoms with Gasteiger partial charge in [-0.25, -0.2) is 4.90 Å². The van der Waals surface area contributed by atoms with Crippen molar-refractivity contribution < 1.29 is 27.6 Å². The Kier molecular flexibility index (Phi) is 4.12. The first-order valence-corrected chi connectivity index (χ1v) is 11.0. The van der Waals surface area contributed by atoms with E-state index in [0.29, 0.717) is 40.6 Å². The summed E-state index contributed by atoms with van der Waals surface area (Å²) in [6.07, 6.45) is -3.48. The molecule has 6 nitrogen and oxygen atoms in total. The number of carbonyl (C=O) groups excluding carboxylic acids is 3. The number of nitrogens with one attached hydrogen (secondary N) is 1. The molecule has 0 aromatic heterocycles. The third-order valence-electron chi connectivity index (χ3n) is 7.43. The van der Waals surface area contributed by atoms with Crippen molar-refractivity contribution in [3.05, 3.63) is 58.6 Å². The number of alkyl halides is 3. The zero-order chi connectivity index (χ0) is 23.3. The molecule has 1 spiro atoms. The van der Waals surface area contributed by atoms with Crippen LogP contribution in [0.3, 0.4) is 0 Å². The summed E-state index contributed by atoms with van der Waals surface area (Å²) in [4.78, 5) is 43.5. The summed E-state index contributed by atoms with van der Waals surface area (Å²) in [5.74, 6) is -4.02. The molecular weight excluding hydrogens is 459 g/mol. The van der Waals surface area contributed by atoms with Gasteiger partial charge in [-0.05, 0) is 37.6 Å². The van der Waals surface area contributed by atoms with Crippen molar-refractivity contribution in [3.8, 4) is 0 Å². The maximum atomic E-state index is 13.8. The summed E-state index contributed by atoms with van der Waals surface area (Å²) in [6.45, 7) is 0.497. The van der Waals surface area contributed by atoms with Gasteiger partial charge in [0.05, 0.1) is 33.8 Å². The van der Waals surface area contributed by atoms with Crippen molar-refractivity contribution in [2.45, 2.75) is 30.6 Å². The summed E-state index contributed by atoms with van der Waals surface area (Å²) >= 11 is 6.32. The predicted octanol–water partition coefficient (Wildman–Crippen LogP) is 3.79. The molecule has 1 N–H and O–H groups in total. The summed E-state index contributed by atoms with van der Waals surface area (Å²) in [5, 5.41) is 3.07. The van der Waals surface area contributed by atoms with Crippen LogP contribution in [0.5, 0.6) is 0 Å². The minimum absolute atomic E-state index is 0.299. The number of hydrogen-bond acceptors (Lipinski definition) is 4. The first-order chi connectivity index (χ1) is 15.7. The van der Waals surface area contributed by atoms with Crippen LogP contribution in [-0.2, 0) is 26.1 Å². The molecule has 4 aliphatic heterocycles. The molecule has 4 heterocycles. The highest BCUT2D eigenvalue weighted by atomic mass is 35.5. The number of halogens is 4. The van der Waals surface area contributed by atoms with E-state index in [0.717, 1.165) is 12.1 Å². The molecule has 0 bridgehead atoms. The lowest BCUT2D eigenvalue weighted by atomic mass is 9.75. The van der Waals surface area contributed by atoms with E-state index in [-0.39, 0.29) is 0 Å². The Hall–Kier alpha value is -2.91. The summed E-state index contributed by atoms with van der Waals surface area (Å²) in [6, 6.07) is 9.08. The van der Waals surface area contributed by atoms with E-state index in [1.165, 1.54) is 12.1 Å². The van der Waals surface area contributed by atoms with Crippen LogP contribution in [0.1, 0.15) is 24.0 Å². The zero-order valence-electron chi connectivity index (χ0n) is 17.0. The molecular formula is C23H17ClF3N3O3. The highest BCUT2D eigenvalue weighted by Crippen LogP contribution is 2.61. The molecule has 10 heteroatoms. The van der Waals surface area contributed by atoms with Crippen LogP contribution in [0, 0.1) is 11.8 Å². The Bertz CT molecular complexity index is 1250. The Labute approximate surface area is 191 Å². The first-order valence-electron chi connectivity index (χ1n) is 10.6. The third-order valence-corrected chi connectivity index (χ3v) is 7.74. The van der Waals surface area contributed by atoms with Gasteiger partial charge in [0, 0.05) is 11.6 Å². The SMILES string of the molecule is O=C1[C@H]2[C@@H](C(=O)N1c1ccccc1C(F)(F)F)[C@]1(C(=O)Nc3c(Cl)cccc31)N1CCC[C@@H]21.